The fraction of sp³-hybridized carbons (Fsp3) is 0.214. The Balaban J connectivity index is 2.59. The first kappa shape index (κ1) is 11.5. The monoisotopic (exact) mass is 228 g/mol. The Bertz CT molecular complexity index is 568. The lowest BCUT2D eigenvalue weighted by Gasteiger charge is -2.10. The fourth-order valence-electron chi connectivity index (χ4n) is 2.14. The van der Waals surface area contributed by atoms with E-state index in [-0.39, 0.29) is 0 Å². The highest BCUT2D eigenvalue weighted by Gasteiger charge is 2.09. The quantitative estimate of drug-likeness (QED) is 0.478. The number of aryl methyl sites for hydroxylation is 2. The fourth-order valence-corrected chi connectivity index (χ4v) is 2.14. The van der Waals surface area contributed by atoms with E-state index in [1.165, 1.54) is 11.8 Å². The lowest BCUT2D eigenvalue weighted by Crippen LogP contribution is -1.99. The van der Waals surface area contributed by atoms with Gasteiger partial charge in [0.05, 0.1) is 6.21 Å². The largest absolute Gasteiger partial charge is 0.411 e. The van der Waals surface area contributed by atoms with E-state index in [0.717, 1.165) is 22.6 Å². The van der Waals surface area contributed by atoms with Crippen molar-refractivity contribution >= 4 is 6.21 Å². The lowest BCUT2D eigenvalue weighted by molar-refractivity contribution is 0.322. The predicted octanol–water partition coefficient (Wildman–Crippen LogP) is 3.21. The van der Waals surface area contributed by atoms with Crippen molar-refractivity contribution in [2.45, 2.75) is 20.8 Å². The van der Waals surface area contributed by atoms with Gasteiger partial charge in [0.25, 0.3) is 0 Å². The third-order valence-electron chi connectivity index (χ3n) is 2.93. The summed E-state index contributed by atoms with van der Waals surface area (Å²) in [5.41, 5.74) is 5.50. The molecule has 3 heteroatoms. The summed E-state index contributed by atoms with van der Waals surface area (Å²) in [7, 11) is 0. The smallest absolute Gasteiger partial charge is 0.0752 e. The number of rotatable bonds is 2. The molecule has 0 saturated heterocycles. The minimum atomic E-state index is 0.937. The summed E-state index contributed by atoms with van der Waals surface area (Å²) in [5.74, 6) is 0. The maximum absolute atomic E-state index is 8.62. The molecule has 0 amide bonds. The zero-order valence-corrected chi connectivity index (χ0v) is 10.3. The zero-order valence-electron chi connectivity index (χ0n) is 10.3. The summed E-state index contributed by atoms with van der Waals surface area (Å²) in [6, 6.07) is 10.3. The van der Waals surface area contributed by atoms with Crippen LogP contribution in [0, 0.1) is 20.8 Å². The normalized spacial score (nSPS) is 11.2. The van der Waals surface area contributed by atoms with Crippen LogP contribution in [0.1, 0.15) is 22.5 Å². The molecule has 0 atom stereocenters. The van der Waals surface area contributed by atoms with E-state index in [4.69, 9.17) is 5.21 Å². The molecule has 0 aliphatic heterocycles. The first-order chi connectivity index (χ1) is 8.13. The Kier molecular flexibility index (Phi) is 3.00. The Morgan fingerprint density at radius 3 is 2.59 bits per heavy atom. The van der Waals surface area contributed by atoms with Crippen molar-refractivity contribution in [3.8, 4) is 5.69 Å². The molecule has 0 aliphatic rings. The molecule has 2 rings (SSSR count). The van der Waals surface area contributed by atoms with Crippen molar-refractivity contribution in [1.82, 2.24) is 4.57 Å². The molecule has 0 radical (unpaired) electrons. The van der Waals surface area contributed by atoms with Gasteiger partial charge in [0.1, 0.15) is 0 Å². The van der Waals surface area contributed by atoms with Gasteiger partial charge in [0.2, 0.25) is 0 Å². The molecular weight excluding hydrogens is 212 g/mol. The van der Waals surface area contributed by atoms with Crippen LogP contribution in [-0.2, 0) is 0 Å². The topological polar surface area (TPSA) is 37.5 Å². The van der Waals surface area contributed by atoms with Gasteiger partial charge in [0, 0.05) is 22.6 Å². The predicted molar refractivity (Wildman–Crippen MR) is 69.4 cm³/mol. The number of benzene rings is 1. The maximum Gasteiger partial charge on any atom is 0.0752 e. The van der Waals surface area contributed by atoms with Crippen LogP contribution in [-0.4, -0.2) is 16.0 Å². The van der Waals surface area contributed by atoms with Crippen molar-refractivity contribution in [2.24, 2.45) is 5.16 Å². The van der Waals surface area contributed by atoms with Gasteiger partial charge < -0.3 is 9.77 Å². The Morgan fingerprint density at radius 2 is 1.94 bits per heavy atom. The van der Waals surface area contributed by atoms with E-state index in [1.807, 2.05) is 26.0 Å². The van der Waals surface area contributed by atoms with E-state index in [9.17, 15) is 0 Å². The Labute approximate surface area is 101 Å². The summed E-state index contributed by atoms with van der Waals surface area (Å²) >= 11 is 0. The molecule has 1 heterocycles. The minimum Gasteiger partial charge on any atom is -0.411 e. The molecule has 1 aromatic carbocycles. The summed E-state index contributed by atoms with van der Waals surface area (Å²) in [6.45, 7) is 6.14. The summed E-state index contributed by atoms with van der Waals surface area (Å²) in [6.07, 6.45) is 1.47. The van der Waals surface area contributed by atoms with E-state index >= 15 is 0 Å². The van der Waals surface area contributed by atoms with Gasteiger partial charge in [-0.25, -0.2) is 0 Å². The van der Waals surface area contributed by atoms with Crippen molar-refractivity contribution in [3.05, 3.63) is 52.8 Å². The summed E-state index contributed by atoms with van der Waals surface area (Å²) in [5, 5.41) is 11.7. The van der Waals surface area contributed by atoms with Crippen LogP contribution < -0.4 is 0 Å². The van der Waals surface area contributed by atoms with Crippen molar-refractivity contribution in [3.63, 3.8) is 0 Å². The van der Waals surface area contributed by atoms with Crippen LogP contribution >= 0.6 is 0 Å². The van der Waals surface area contributed by atoms with Crippen molar-refractivity contribution < 1.29 is 5.21 Å². The molecule has 3 nitrogen and oxygen atoms in total. The average Bonchev–Trinajstić information content (AvgIpc) is 2.55. The molecule has 0 unspecified atom stereocenters. The lowest BCUT2D eigenvalue weighted by atomic mass is 10.2. The van der Waals surface area contributed by atoms with E-state index in [1.54, 1.807) is 0 Å². The Hall–Kier alpha value is -2.03. The van der Waals surface area contributed by atoms with Crippen molar-refractivity contribution in [2.75, 3.05) is 0 Å². The van der Waals surface area contributed by atoms with Gasteiger partial charge in [0.15, 0.2) is 0 Å². The number of nitrogens with zero attached hydrogens (tertiary/aromatic N) is 2. The van der Waals surface area contributed by atoms with E-state index in [0.29, 0.717) is 0 Å². The molecule has 0 aliphatic carbocycles. The zero-order chi connectivity index (χ0) is 12.4. The van der Waals surface area contributed by atoms with Crippen LogP contribution in [0.4, 0.5) is 0 Å². The third-order valence-corrected chi connectivity index (χ3v) is 2.93. The molecule has 1 N–H and O–H groups in total. The first-order valence-electron chi connectivity index (χ1n) is 5.57. The number of hydrogen-bond acceptors (Lipinski definition) is 2. The molecule has 0 saturated carbocycles. The number of oxime groups is 1. The standard InChI is InChI=1S/C14H16N2O/c1-10-5-4-6-14(7-10)16-11(2)8-13(9-15-17)12(16)3/h4-9,17H,1-3H3/b15-9-. The van der Waals surface area contributed by atoms with E-state index in [2.05, 4.69) is 34.8 Å². The highest BCUT2D eigenvalue weighted by Crippen LogP contribution is 2.20. The second-order valence-electron chi connectivity index (χ2n) is 4.25. The van der Waals surface area contributed by atoms with Gasteiger partial charge >= 0.3 is 0 Å². The van der Waals surface area contributed by atoms with E-state index < -0.39 is 0 Å². The molecule has 88 valence electrons. The Morgan fingerprint density at radius 1 is 1.18 bits per heavy atom. The molecule has 0 fully saturated rings. The highest BCUT2D eigenvalue weighted by atomic mass is 16.4. The molecule has 0 bridgehead atoms. The van der Waals surface area contributed by atoms with Gasteiger partial charge in [-0.15, -0.1) is 0 Å². The maximum atomic E-state index is 8.62. The van der Waals surface area contributed by atoms with Crippen LogP contribution in [0.25, 0.3) is 5.69 Å². The minimum absolute atomic E-state index is 0.937. The van der Waals surface area contributed by atoms with Crippen LogP contribution in [0.5, 0.6) is 0 Å². The second kappa shape index (κ2) is 4.45. The highest BCUT2D eigenvalue weighted by molar-refractivity contribution is 5.81. The van der Waals surface area contributed by atoms with Gasteiger partial charge in [-0.05, 0) is 44.5 Å². The second-order valence-corrected chi connectivity index (χ2v) is 4.25. The van der Waals surface area contributed by atoms with Crippen LogP contribution in [0.15, 0.2) is 35.5 Å². The third kappa shape index (κ3) is 2.09. The number of hydrogen-bond donors (Lipinski definition) is 1. The van der Waals surface area contributed by atoms with Gasteiger partial charge in [-0.1, -0.05) is 17.3 Å². The van der Waals surface area contributed by atoms with Gasteiger partial charge in [-0.3, -0.25) is 0 Å². The summed E-state index contributed by atoms with van der Waals surface area (Å²) < 4.78 is 2.16. The number of aromatic nitrogens is 1. The first-order valence-corrected chi connectivity index (χ1v) is 5.57. The molecule has 1 aromatic heterocycles. The average molecular weight is 228 g/mol. The van der Waals surface area contributed by atoms with Crippen LogP contribution in [0.2, 0.25) is 0 Å². The molecule has 17 heavy (non-hydrogen) atoms. The van der Waals surface area contributed by atoms with Gasteiger partial charge in [-0.2, -0.15) is 0 Å². The summed E-state index contributed by atoms with van der Waals surface area (Å²) in [4.78, 5) is 0. The van der Waals surface area contributed by atoms with Crippen molar-refractivity contribution in [1.29, 1.82) is 0 Å². The molecular formula is C14H16N2O. The molecule has 2 aromatic rings. The van der Waals surface area contributed by atoms with Crippen LogP contribution in [0.3, 0.4) is 0 Å². The SMILES string of the molecule is Cc1cccc(-n2c(C)cc(/C=N\O)c2C)c1. The molecule has 0 spiro atoms.